The highest BCUT2D eigenvalue weighted by Gasteiger charge is 2.26. The summed E-state index contributed by atoms with van der Waals surface area (Å²) in [6.07, 6.45) is 8.55. The molecule has 506 valence electrons. The Morgan fingerprint density at radius 1 is 0.552 bits per heavy atom. The maximum Gasteiger partial charge on any atom is 0.294 e. The molecule has 9 rings (SSSR count). The summed E-state index contributed by atoms with van der Waals surface area (Å²) in [7, 11) is -8.96. The molecule has 3 aromatic heterocycles. The van der Waals surface area contributed by atoms with E-state index in [0.717, 1.165) is 96.8 Å². The molecule has 2 aliphatic rings. The zero-order valence-electron chi connectivity index (χ0n) is 53.5. The third-order valence-electron chi connectivity index (χ3n) is 15.3. The number of hydrogen-bond acceptors (Lipinski definition) is 27. The number of benzene rings is 4. The number of aliphatic hydroxyl groups excluding tert-OH is 1. The molecule has 0 bridgehead atoms. The molecule has 0 atom stereocenters. The highest BCUT2D eigenvalue weighted by Crippen LogP contribution is 2.41. The van der Waals surface area contributed by atoms with Crippen molar-refractivity contribution in [3.63, 3.8) is 0 Å². The van der Waals surface area contributed by atoms with Crippen LogP contribution in [0.2, 0.25) is 0 Å². The summed E-state index contributed by atoms with van der Waals surface area (Å²) in [5.41, 5.74) is 3.35. The molecule has 0 radical (unpaired) electrons. The van der Waals surface area contributed by atoms with Crippen LogP contribution in [0.15, 0.2) is 131 Å². The normalized spacial score (nSPS) is 14.1. The van der Waals surface area contributed by atoms with Gasteiger partial charge in [0.1, 0.15) is 23.0 Å². The molecule has 7 N–H and O–H groups in total. The lowest BCUT2D eigenvalue weighted by atomic mass is 10.1. The maximum atomic E-state index is 13.7. The summed E-state index contributed by atoms with van der Waals surface area (Å²) in [6.45, 7) is 15.9. The van der Waals surface area contributed by atoms with Crippen molar-refractivity contribution in [1.29, 1.82) is 0 Å². The van der Waals surface area contributed by atoms with Crippen LogP contribution in [0.5, 0.6) is 0 Å². The number of anilines is 10. The number of carbonyl (C=O) groups is 4. The minimum Gasteiger partial charge on any atom is -0.396 e. The predicted molar refractivity (Wildman–Crippen MR) is 376 cm³/mol. The summed E-state index contributed by atoms with van der Waals surface area (Å²) < 4.78 is 65.5. The lowest BCUT2D eigenvalue weighted by Gasteiger charge is -2.27. The van der Waals surface area contributed by atoms with Gasteiger partial charge in [-0.15, -0.1) is 20.5 Å². The lowest BCUT2D eigenvalue weighted by Crippen LogP contribution is -2.30. The SMILES string of the molecule is CCN(CC)c1ccc(/N=N/c2nc(N3CCCCC3)c(/C=C(/C(C)=O)C(=O)Nc3ccc(S(=O)(=O)O)cc3)s2)c(Nc2nc(Nc3cc(N(CC)CC)ccc3/N=N/c3nc(N4CCCCC4)c(/C=C(\C(C)=O)C(=O)Nc4ccc(S(=O)(=O)O)cc4)s3)nc(SCCO)n2)c1. The molecule has 2 aliphatic heterocycles. The Balaban J connectivity index is 1.05. The Morgan fingerprint density at radius 2 is 0.938 bits per heavy atom. The van der Waals surface area contributed by atoms with E-state index < -0.39 is 43.6 Å². The van der Waals surface area contributed by atoms with Gasteiger partial charge < -0.3 is 46.0 Å². The number of thiazole rings is 2. The fourth-order valence-corrected chi connectivity index (χ4v) is 13.6. The van der Waals surface area contributed by atoms with Crippen LogP contribution >= 0.6 is 34.4 Å². The van der Waals surface area contributed by atoms with Gasteiger partial charge in [0.25, 0.3) is 32.1 Å². The third-order valence-corrected chi connectivity index (χ3v) is 19.6. The van der Waals surface area contributed by atoms with Crippen molar-refractivity contribution >= 4 is 169 Å². The highest BCUT2D eigenvalue weighted by atomic mass is 32.2. The Bertz CT molecular complexity index is 4070. The molecule has 0 aliphatic carbocycles. The van der Waals surface area contributed by atoms with E-state index in [1.54, 1.807) is 12.1 Å². The molecule has 5 heterocycles. The molecule has 2 saturated heterocycles. The number of rotatable bonds is 29. The molecule has 96 heavy (non-hydrogen) atoms. The van der Waals surface area contributed by atoms with Gasteiger partial charge >= 0.3 is 0 Å². The van der Waals surface area contributed by atoms with Gasteiger partial charge in [-0.1, -0.05) is 34.4 Å². The summed E-state index contributed by atoms with van der Waals surface area (Å²) in [6, 6.07) is 20.9. The Labute approximate surface area is 568 Å². The summed E-state index contributed by atoms with van der Waals surface area (Å²) in [4.78, 5) is 86.8. The molecule has 0 saturated carbocycles. The first-order valence-corrected chi connectivity index (χ1v) is 36.4. The molecule has 4 aromatic carbocycles. The van der Waals surface area contributed by atoms with Gasteiger partial charge in [-0.2, -0.15) is 41.8 Å². The smallest absolute Gasteiger partial charge is 0.294 e. The fourth-order valence-electron chi connectivity index (χ4n) is 10.4. The number of nitrogens with zero attached hydrogens (tertiary/aromatic N) is 13. The number of amides is 2. The minimum atomic E-state index is -4.48. The van der Waals surface area contributed by atoms with Gasteiger partial charge in [0.2, 0.25) is 22.2 Å². The van der Waals surface area contributed by atoms with Crippen LogP contribution in [-0.2, 0) is 39.4 Å². The van der Waals surface area contributed by atoms with Crippen LogP contribution in [-0.4, -0.2) is 144 Å². The van der Waals surface area contributed by atoms with Crippen molar-refractivity contribution in [3.05, 3.63) is 106 Å². The number of aliphatic hydroxyl groups is 1. The van der Waals surface area contributed by atoms with E-state index in [2.05, 4.69) is 51.1 Å². The monoisotopic (exact) mass is 1400 g/mol. The van der Waals surface area contributed by atoms with E-state index in [-0.39, 0.29) is 72.0 Å². The van der Waals surface area contributed by atoms with Gasteiger partial charge in [-0.05, 0) is 177 Å². The van der Waals surface area contributed by atoms with Crippen molar-refractivity contribution in [2.75, 3.05) is 106 Å². The zero-order chi connectivity index (χ0) is 68.7. The van der Waals surface area contributed by atoms with Crippen LogP contribution in [0.25, 0.3) is 12.2 Å². The standard InChI is InChI=1S/C63H73N17O11S5/c1-7-77(8-2)43-21-27-49(73-75-62-68-55(79-29-13-11-14-30-79)53(93-62)37-47(39(5)82)57(84)64-41-17-23-45(24-18-41)95(86,87)88)51(35-43)66-59-70-60(72-61(71-59)92-34-33-81)67-52-36-44(78(9-3)10-4)22-28-50(52)74-76-63-69-56(80-31-15-12-16-32-80)54(94-63)38-48(40(6)83)58(85)65-42-19-25-46(26-20-42)96(89,90)91/h17-28,35-38,81H,7-16,29-34H2,1-6H3,(H,64,84)(H,65,85)(H,86,87,88)(H,89,90,91)(H2,66,67,70,71,72)/b47-37-,48-38+,75-73+,76-74+. The second kappa shape index (κ2) is 32.7. The molecular weight excluding hydrogens is 1330 g/mol. The molecule has 28 nitrogen and oxygen atoms in total. The van der Waals surface area contributed by atoms with Crippen molar-refractivity contribution in [2.45, 2.75) is 95.0 Å². The maximum absolute atomic E-state index is 13.7. The van der Waals surface area contributed by atoms with E-state index >= 15 is 0 Å². The number of ketones is 2. The van der Waals surface area contributed by atoms with Gasteiger partial charge in [0.15, 0.2) is 16.7 Å². The fraction of sp³-hybridized carbons (Fsp3) is 0.349. The van der Waals surface area contributed by atoms with E-state index in [4.69, 9.17) is 35.1 Å². The van der Waals surface area contributed by atoms with Crippen LogP contribution in [0.3, 0.4) is 0 Å². The topological polar surface area (TPSA) is 372 Å². The first-order chi connectivity index (χ1) is 46.0. The van der Waals surface area contributed by atoms with Crippen molar-refractivity contribution < 1.29 is 50.2 Å². The van der Waals surface area contributed by atoms with E-state index in [9.17, 15) is 50.2 Å². The number of hydrogen-bond donors (Lipinski definition) is 7. The first-order valence-electron chi connectivity index (χ1n) is 30.9. The summed E-state index contributed by atoms with van der Waals surface area (Å²) in [5, 5.41) is 41.5. The summed E-state index contributed by atoms with van der Waals surface area (Å²) >= 11 is 3.46. The first kappa shape index (κ1) is 71.3. The third kappa shape index (κ3) is 18.7. The molecule has 2 fully saturated rings. The largest absolute Gasteiger partial charge is 0.396 e. The average Bonchev–Trinajstić information content (AvgIpc) is 1.85. The van der Waals surface area contributed by atoms with Gasteiger partial charge in [-0.3, -0.25) is 28.3 Å². The number of Topliss-reactive ketones (excluding diaryl/α,β-unsaturated/α-hetero) is 2. The van der Waals surface area contributed by atoms with Crippen LogP contribution in [0, 0.1) is 0 Å². The van der Waals surface area contributed by atoms with E-state index in [1.807, 2.05) is 52.0 Å². The van der Waals surface area contributed by atoms with Gasteiger partial charge in [0.05, 0.1) is 48.7 Å². The van der Waals surface area contributed by atoms with Crippen molar-refractivity contribution in [2.24, 2.45) is 20.5 Å². The van der Waals surface area contributed by atoms with Gasteiger partial charge in [0, 0.05) is 80.9 Å². The van der Waals surface area contributed by atoms with Crippen LogP contribution in [0.1, 0.15) is 89.8 Å². The van der Waals surface area contributed by atoms with E-state index in [0.29, 0.717) is 96.5 Å². The number of carbonyl (C=O) groups excluding carboxylic acids is 4. The molecule has 33 heteroatoms. The van der Waals surface area contributed by atoms with Gasteiger partial charge in [-0.25, -0.2) is 0 Å². The second-order valence-corrected chi connectivity index (χ2v) is 27.8. The van der Waals surface area contributed by atoms with Crippen molar-refractivity contribution in [1.82, 2.24) is 24.9 Å². The predicted octanol–water partition coefficient (Wildman–Crippen LogP) is 12.6. The lowest BCUT2D eigenvalue weighted by molar-refractivity contribution is -0.120. The summed E-state index contributed by atoms with van der Waals surface area (Å²) in [5.74, 6) is -1.08. The molecule has 7 aromatic rings. The second-order valence-electron chi connectivity index (χ2n) is 21.8. The Hall–Kier alpha value is -8.96. The number of azo groups is 2. The zero-order valence-corrected chi connectivity index (χ0v) is 57.6. The number of thioether (sulfide) groups is 1. The highest BCUT2D eigenvalue weighted by molar-refractivity contribution is 7.99. The molecular formula is C63H73N17O11S5. The van der Waals surface area contributed by atoms with Crippen molar-refractivity contribution in [3.8, 4) is 0 Å². The number of aromatic nitrogens is 5. The molecule has 0 spiro atoms. The number of nitrogens with one attached hydrogen (secondary N) is 4. The minimum absolute atomic E-state index is 0.102. The molecule has 0 unspecified atom stereocenters. The Morgan fingerprint density at radius 3 is 1.28 bits per heavy atom. The molecule has 2 amide bonds. The Kier molecular flexibility index (Phi) is 24.3. The average molecular weight is 1400 g/mol. The van der Waals surface area contributed by atoms with E-state index in [1.165, 1.54) is 62.0 Å². The quantitative estimate of drug-likeness (QED) is 0.00572. The van der Waals surface area contributed by atoms with Crippen LogP contribution < -0.4 is 40.9 Å². The van der Waals surface area contributed by atoms with Crippen LogP contribution in [0.4, 0.5) is 79.3 Å². The number of piperidine rings is 2.